The van der Waals surface area contributed by atoms with Crippen LogP contribution in [0.4, 0.5) is 0 Å². The molecular weight excluding hydrogens is 352 g/mol. The molecule has 148 valence electrons. The lowest BCUT2D eigenvalue weighted by molar-refractivity contribution is -0.132. The lowest BCUT2D eigenvalue weighted by Gasteiger charge is -2.36. The Balaban J connectivity index is 1.61. The first-order valence-electron chi connectivity index (χ1n) is 9.95. The molecule has 0 spiro atoms. The maximum Gasteiger partial charge on any atom is 0.227 e. The summed E-state index contributed by atoms with van der Waals surface area (Å²) in [6.45, 7) is 0.737. The number of carbonyl (C=O) groups is 1. The first-order chi connectivity index (χ1) is 13.6. The average molecular weight is 380 g/mol. The minimum Gasteiger partial charge on any atom is -0.504 e. The van der Waals surface area contributed by atoms with Crippen molar-refractivity contribution in [2.75, 3.05) is 14.2 Å². The number of amides is 1. The zero-order chi connectivity index (χ0) is 19.7. The molecule has 2 aromatic carbocycles. The van der Waals surface area contributed by atoms with Gasteiger partial charge < -0.3 is 15.2 Å². The smallest absolute Gasteiger partial charge is 0.227 e. The van der Waals surface area contributed by atoms with E-state index in [1.807, 2.05) is 24.3 Å². The van der Waals surface area contributed by atoms with Crippen molar-refractivity contribution >= 4 is 5.91 Å². The minimum absolute atomic E-state index is 0.145. The molecule has 2 fully saturated rings. The summed E-state index contributed by atoms with van der Waals surface area (Å²) in [5, 5.41) is 13.1. The number of phenols is 1. The quantitative estimate of drug-likeness (QED) is 0.808. The number of nitrogens with zero attached hydrogens (tertiary/aromatic N) is 1. The van der Waals surface area contributed by atoms with Gasteiger partial charge in [-0.1, -0.05) is 36.4 Å². The summed E-state index contributed by atoms with van der Waals surface area (Å²) >= 11 is 0. The molecule has 2 bridgehead atoms. The number of aromatic hydroxyl groups is 1. The molecule has 3 atom stereocenters. The number of hydrogen-bond donors (Lipinski definition) is 2. The second-order valence-electron chi connectivity index (χ2n) is 8.03. The van der Waals surface area contributed by atoms with Crippen LogP contribution < -0.4 is 10.1 Å². The first-order valence-corrected chi connectivity index (χ1v) is 9.95. The van der Waals surface area contributed by atoms with Gasteiger partial charge in [0.15, 0.2) is 11.5 Å². The van der Waals surface area contributed by atoms with Crippen molar-refractivity contribution in [2.45, 2.75) is 44.3 Å². The number of rotatable bonds is 6. The molecule has 2 aliphatic rings. The van der Waals surface area contributed by atoms with Crippen LogP contribution in [0.3, 0.4) is 0 Å². The number of nitrogens with one attached hydrogen (secondary N) is 1. The molecule has 2 saturated heterocycles. The van der Waals surface area contributed by atoms with E-state index in [4.69, 9.17) is 4.74 Å². The molecule has 28 heavy (non-hydrogen) atoms. The highest BCUT2D eigenvalue weighted by Crippen LogP contribution is 2.52. The zero-order valence-corrected chi connectivity index (χ0v) is 16.5. The zero-order valence-electron chi connectivity index (χ0n) is 16.5. The molecule has 2 aliphatic heterocycles. The van der Waals surface area contributed by atoms with E-state index in [1.54, 1.807) is 26.3 Å². The van der Waals surface area contributed by atoms with Crippen LogP contribution in [-0.4, -0.2) is 42.2 Å². The van der Waals surface area contributed by atoms with E-state index in [1.165, 1.54) is 5.56 Å². The van der Waals surface area contributed by atoms with E-state index >= 15 is 0 Å². The SMILES string of the molecule is CNC(=O)[C@]1(Cc2ccccc2)C[C@@H]2CC[C@H]1N2Cc1ccc(OC)c(O)c1. The number of phenolic OH excluding ortho intramolecular Hbond substituents is 1. The third-order valence-electron chi connectivity index (χ3n) is 6.53. The van der Waals surface area contributed by atoms with E-state index in [0.29, 0.717) is 11.8 Å². The molecule has 2 heterocycles. The van der Waals surface area contributed by atoms with Crippen molar-refractivity contribution in [1.82, 2.24) is 10.2 Å². The van der Waals surface area contributed by atoms with Gasteiger partial charge >= 0.3 is 0 Å². The summed E-state index contributed by atoms with van der Waals surface area (Å²) < 4.78 is 5.15. The Labute approximate surface area is 166 Å². The third kappa shape index (κ3) is 3.14. The van der Waals surface area contributed by atoms with Gasteiger partial charge in [-0.05, 0) is 48.9 Å². The molecule has 0 unspecified atom stereocenters. The normalized spacial score (nSPS) is 26.4. The predicted octanol–water partition coefficient (Wildman–Crippen LogP) is 3.11. The van der Waals surface area contributed by atoms with Crippen molar-refractivity contribution in [1.29, 1.82) is 0 Å². The standard InChI is InChI=1S/C23H28N2O3/c1-24-22(27)23(13-16-6-4-3-5-7-16)14-18-9-11-21(23)25(18)15-17-8-10-20(28-2)19(26)12-17/h3-8,10,12,18,21,26H,9,11,13-15H2,1-2H3,(H,24,27)/t18-,21+,23+/m0/s1. The van der Waals surface area contributed by atoms with Gasteiger partial charge in [0, 0.05) is 25.7 Å². The van der Waals surface area contributed by atoms with Crippen molar-refractivity contribution in [3.05, 3.63) is 59.7 Å². The van der Waals surface area contributed by atoms with Crippen molar-refractivity contribution in [3.8, 4) is 11.5 Å². The summed E-state index contributed by atoms with van der Waals surface area (Å²) in [7, 11) is 3.30. The number of fused-ring (bicyclic) bond motifs is 2. The highest BCUT2D eigenvalue weighted by molar-refractivity contribution is 5.84. The van der Waals surface area contributed by atoms with E-state index in [0.717, 1.165) is 37.8 Å². The van der Waals surface area contributed by atoms with E-state index in [9.17, 15) is 9.90 Å². The van der Waals surface area contributed by atoms with Gasteiger partial charge in [0.25, 0.3) is 0 Å². The first kappa shape index (κ1) is 18.8. The van der Waals surface area contributed by atoms with Crippen LogP contribution in [0.15, 0.2) is 48.5 Å². The van der Waals surface area contributed by atoms with Gasteiger partial charge in [-0.25, -0.2) is 0 Å². The molecule has 4 rings (SSSR count). The fraction of sp³-hybridized carbons (Fsp3) is 0.435. The Hall–Kier alpha value is -2.53. The highest BCUT2D eigenvalue weighted by atomic mass is 16.5. The fourth-order valence-electron chi connectivity index (χ4n) is 5.31. The van der Waals surface area contributed by atoms with Gasteiger partial charge in [0.2, 0.25) is 5.91 Å². The van der Waals surface area contributed by atoms with E-state index < -0.39 is 5.41 Å². The molecular formula is C23H28N2O3. The summed E-state index contributed by atoms with van der Waals surface area (Å²) in [5.74, 6) is 0.788. The largest absolute Gasteiger partial charge is 0.504 e. The summed E-state index contributed by atoms with van der Waals surface area (Å²) in [5.41, 5.74) is 1.86. The van der Waals surface area contributed by atoms with Crippen LogP contribution in [0.25, 0.3) is 0 Å². The second kappa shape index (κ2) is 7.47. The molecule has 0 saturated carbocycles. The number of ether oxygens (including phenoxy) is 1. The highest BCUT2D eigenvalue weighted by Gasteiger charge is 2.59. The molecule has 2 aromatic rings. The summed E-state index contributed by atoms with van der Waals surface area (Å²) in [6, 6.07) is 16.5. The molecule has 2 N–H and O–H groups in total. The van der Waals surface area contributed by atoms with Gasteiger partial charge in [-0.3, -0.25) is 9.69 Å². The Morgan fingerprint density at radius 2 is 2.00 bits per heavy atom. The van der Waals surface area contributed by atoms with Crippen LogP contribution >= 0.6 is 0 Å². The van der Waals surface area contributed by atoms with Crippen LogP contribution in [0.1, 0.15) is 30.4 Å². The van der Waals surface area contributed by atoms with E-state index in [-0.39, 0.29) is 17.7 Å². The van der Waals surface area contributed by atoms with E-state index in [2.05, 4.69) is 22.3 Å². The molecule has 0 aliphatic carbocycles. The Kier molecular flexibility index (Phi) is 5.02. The minimum atomic E-state index is -0.395. The number of carbonyl (C=O) groups excluding carboxylic acids is 1. The Morgan fingerprint density at radius 1 is 1.21 bits per heavy atom. The summed E-state index contributed by atoms with van der Waals surface area (Å²) in [6.07, 6.45) is 3.81. The van der Waals surface area contributed by atoms with Gasteiger partial charge in [0.1, 0.15) is 0 Å². The maximum atomic E-state index is 13.1. The lowest BCUT2D eigenvalue weighted by atomic mass is 9.69. The third-order valence-corrected chi connectivity index (χ3v) is 6.53. The van der Waals surface area contributed by atoms with Gasteiger partial charge in [-0.2, -0.15) is 0 Å². The van der Waals surface area contributed by atoms with Crippen LogP contribution in [0.5, 0.6) is 11.5 Å². The van der Waals surface area contributed by atoms with Gasteiger partial charge in [-0.15, -0.1) is 0 Å². The van der Waals surface area contributed by atoms with Gasteiger partial charge in [0.05, 0.1) is 12.5 Å². The van der Waals surface area contributed by atoms with Crippen LogP contribution in [0, 0.1) is 5.41 Å². The molecule has 5 heteroatoms. The number of hydrogen-bond acceptors (Lipinski definition) is 4. The predicted molar refractivity (Wildman–Crippen MR) is 108 cm³/mol. The van der Waals surface area contributed by atoms with Crippen LogP contribution in [-0.2, 0) is 17.8 Å². The number of methoxy groups -OCH3 is 1. The topological polar surface area (TPSA) is 61.8 Å². The molecule has 0 aromatic heterocycles. The van der Waals surface area contributed by atoms with Crippen LogP contribution in [0.2, 0.25) is 0 Å². The Morgan fingerprint density at radius 3 is 2.68 bits per heavy atom. The molecule has 1 amide bonds. The Bertz CT molecular complexity index is 854. The second-order valence-corrected chi connectivity index (χ2v) is 8.03. The van der Waals surface area contributed by atoms with Crippen molar-refractivity contribution in [2.24, 2.45) is 5.41 Å². The fourth-order valence-corrected chi connectivity index (χ4v) is 5.31. The summed E-state index contributed by atoms with van der Waals surface area (Å²) in [4.78, 5) is 15.5. The average Bonchev–Trinajstić information content (AvgIpc) is 3.23. The lowest BCUT2D eigenvalue weighted by Crippen LogP contribution is -2.49. The van der Waals surface area contributed by atoms with Crippen molar-refractivity contribution in [3.63, 3.8) is 0 Å². The number of benzene rings is 2. The maximum absolute atomic E-state index is 13.1. The van der Waals surface area contributed by atoms with Crippen molar-refractivity contribution < 1.29 is 14.6 Å². The molecule has 0 radical (unpaired) electrons. The monoisotopic (exact) mass is 380 g/mol. The molecule has 5 nitrogen and oxygen atoms in total.